The van der Waals surface area contributed by atoms with Crippen molar-refractivity contribution < 1.29 is 9.47 Å². The van der Waals surface area contributed by atoms with E-state index in [9.17, 15) is 0 Å². The number of rotatable bonds is 5. The van der Waals surface area contributed by atoms with Crippen LogP contribution in [0.25, 0.3) is 0 Å². The van der Waals surface area contributed by atoms with Crippen LogP contribution in [0.3, 0.4) is 0 Å². The smallest absolute Gasteiger partial charge is 0.166 e. The molecule has 0 amide bonds. The third-order valence-electron chi connectivity index (χ3n) is 2.21. The Kier molecular flexibility index (Phi) is 4.25. The molecule has 2 N–H and O–H groups in total. The summed E-state index contributed by atoms with van der Waals surface area (Å²) in [4.78, 5) is 3.92. The molecule has 94 valence electrons. The number of nitrogen functional groups attached to an aromatic ring is 1. The fourth-order valence-corrected chi connectivity index (χ4v) is 1.57. The predicted molar refractivity (Wildman–Crippen MR) is 71.1 cm³/mol. The second kappa shape index (κ2) is 6.12. The van der Waals surface area contributed by atoms with Crippen molar-refractivity contribution in [1.82, 2.24) is 4.98 Å². The Bertz CT molecular complexity index is 520. The Balaban J connectivity index is 1.78. The normalized spacial score (nSPS) is 10.1. The van der Waals surface area contributed by atoms with Gasteiger partial charge in [0.15, 0.2) is 11.6 Å². The molecule has 0 spiro atoms. The summed E-state index contributed by atoms with van der Waals surface area (Å²) in [6.07, 6.45) is 1.62. The molecule has 0 fully saturated rings. The molecular formula is C13H13ClN2O2. The summed E-state index contributed by atoms with van der Waals surface area (Å²) < 4.78 is 10.9. The van der Waals surface area contributed by atoms with Gasteiger partial charge in [-0.05, 0) is 30.3 Å². The van der Waals surface area contributed by atoms with E-state index in [1.807, 2.05) is 12.1 Å². The molecule has 0 aliphatic carbocycles. The molecule has 0 saturated carbocycles. The van der Waals surface area contributed by atoms with Gasteiger partial charge in [0.2, 0.25) is 0 Å². The fourth-order valence-electron chi connectivity index (χ4n) is 1.39. The second-order valence-electron chi connectivity index (χ2n) is 3.54. The maximum absolute atomic E-state index is 5.84. The highest BCUT2D eigenvalue weighted by atomic mass is 35.5. The molecule has 2 rings (SSSR count). The number of aromatic nitrogens is 1. The largest absolute Gasteiger partial charge is 0.490 e. The van der Waals surface area contributed by atoms with E-state index in [0.717, 1.165) is 0 Å². The molecule has 0 radical (unpaired) electrons. The van der Waals surface area contributed by atoms with Gasteiger partial charge in [0.1, 0.15) is 19.0 Å². The van der Waals surface area contributed by atoms with Crippen LogP contribution in [0.1, 0.15) is 0 Å². The number of pyridine rings is 1. The zero-order valence-electron chi connectivity index (χ0n) is 9.67. The minimum Gasteiger partial charge on any atom is -0.490 e. The molecule has 18 heavy (non-hydrogen) atoms. The van der Waals surface area contributed by atoms with Gasteiger partial charge in [0, 0.05) is 11.2 Å². The lowest BCUT2D eigenvalue weighted by Crippen LogP contribution is -2.10. The molecule has 1 aromatic heterocycles. The summed E-state index contributed by atoms with van der Waals surface area (Å²) in [5.41, 5.74) is 5.64. The lowest BCUT2D eigenvalue weighted by Gasteiger charge is -2.09. The van der Waals surface area contributed by atoms with E-state index in [1.54, 1.807) is 30.5 Å². The standard InChI is InChI=1S/C13H13ClN2O2/c14-10-3-1-4-11(9-10)17-7-8-18-12-5-2-6-16-13(12)15/h1-6,9H,7-8H2,(H2,15,16). The van der Waals surface area contributed by atoms with E-state index in [4.69, 9.17) is 26.8 Å². The third kappa shape index (κ3) is 3.53. The van der Waals surface area contributed by atoms with Gasteiger partial charge in [0.05, 0.1) is 0 Å². The number of nitrogens with two attached hydrogens (primary N) is 1. The predicted octanol–water partition coefficient (Wildman–Crippen LogP) is 2.78. The van der Waals surface area contributed by atoms with Gasteiger partial charge in [-0.2, -0.15) is 0 Å². The van der Waals surface area contributed by atoms with Crippen LogP contribution in [0.5, 0.6) is 11.5 Å². The zero-order chi connectivity index (χ0) is 12.8. The van der Waals surface area contributed by atoms with E-state index in [2.05, 4.69) is 4.98 Å². The number of anilines is 1. The van der Waals surface area contributed by atoms with Crippen LogP contribution in [-0.2, 0) is 0 Å². The molecule has 0 unspecified atom stereocenters. The Labute approximate surface area is 110 Å². The molecule has 0 aliphatic rings. The van der Waals surface area contributed by atoms with Crippen molar-refractivity contribution in [3.8, 4) is 11.5 Å². The lowest BCUT2D eigenvalue weighted by molar-refractivity contribution is 0.217. The number of benzene rings is 1. The van der Waals surface area contributed by atoms with Crippen molar-refractivity contribution in [3.63, 3.8) is 0 Å². The van der Waals surface area contributed by atoms with Gasteiger partial charge in [-0.25, -0.2) is 4.98 Å². The SMILES string of the molecule is Nc1ncccc1OCCOc1cccc(Cl)c1. The average molecular weight is 265 g/mol. The van der Waals surface area contributed by atoms with Crippen molar-refractivity contribution in [3.05, 3.63) is 47.6 Å². The first-order valence-electron chi connectivity index (χ1n) is 5.47. The second-order valence-corrected chi connectivity index (χ2v) is 3.98. The molecule has 0 aliphatic heterocycles. The van der Waals surface area contributed by atoms with Gasteiger partial charge >= 0.3 is 0 Å². The van der Waals surface area contributed by atoms with Crippen LogP contribution < -0.4 is 15.2 Å². The van der Waals surface area contributed by atoms with Crippen molar-refractivity contribution in [2.24, 2.45) is 0 Å². The lowest BCUT2D eigenvalue weighted by atomic mass is 10.3. The molecule has 0 atom stereocenters. The molecular weight excluding hydrogens is 252 g/mol. The van der Waals surface area contributed by atoms with Crippen molar-refractivity contribution >= 4 is 17.4 Å². The van der Waals surface area contributed by atoms with E-state index < -0.39 is 0 Å². The molecule has 0 bridgehead atoms. The van der Waals surface area contributed by atoms with E-state index >= 15 is 0 Å². The molecule has 4 nitrogen and oxygen atoms in total. The molecule has 1 aromatic carbocycles. The first-order valence-corrected chi connectivity index (χ1v) is 5.85. The Morgan fingerprint density at radius 1 is 1.11 bits per heavy atom. The van der Waals surface area contributed by atoms with Gasteiger partial charge in [-0.15, -0.1) is 0 Å². The van der Waals surface area contributed by atoms with Crippen LogP contribution >= 0.6 is 11.6 Å². The van der Waals surface area contributed by atoms with Gasteiger partial charge in [0.25, 0.3) is 0 Å². The minimum atomic E-state index is 0.375. The highest BCUT2D eigenvalue weighted by Crippen LogP contribution is 2.18. The average Bonchev–Trinajstić information content (AvgIpc) is 2.37. The van der Waals surface area contributed by atoms with Crippen LogP contribution in [0, 0.1) is 0 Å². The van der Waals surface area contributed by atoms with Crippen molar-refractivity contribution in [2.45, 2.75) is 0 Å². The maximum Gasteiger partial charge on any atom is 0.166 e. The van der Waals surface area contributed by atoms with Crippen molar-refractivity contribution in [2.75, 3.05) is 18.9 Å². The molecule has 1 heterocycles. The Hall–Kier alpha value is -1.94. The Morgan fingerprint density at radius 3 is 2.72 bits per heavy atom. The fraction of sp³-hybridized carbons (Fsp3) is 0.154. The third-order valence-corrected chi connectivity index (χ3v) is 2.44. The van der Waals surface area contributed by atoms with Gasteiger partial charge in [-0.3, -0.25) is 0 Å². The molecule has 0 saturated heterocycles. The number of halogens is 1. The summed E-state index contributed by atoms with van der Waals surface area (Å²) in [6.45, 7) is 0.803. The quantitative estimate of drug-likeness (QED) is 0.844. The summed E-state index contributed by atoms with van der Waals surface area (Å²) in [7, 11) is 0. The van der Waals surface area contributed by atoms with E-state index in [-0.39, 0.29) is 0 Å². The summed E-state index contributed by atoms with van der Waals surface area (Å²) in [6, 6.07) is 10.7. The monoisotopic (exact) mass is 264 g/mol. The van der Waals surface area contributed by atoms with E-state index in [1.165, 1.54) is 0 Å². The summed E-state index contributed by atoms with van der Waals surface area (Å²) >= 11 is 5.84. The van der Waals surface area contributed by atoms with Gasteiger partial charge in [-0.1, -0.05) is 17.7 Å². The first-order chi connectivity index (χ1) is 8.75. The maximum atomic E-state index is 5.84. The van der Waals surface area contributed by atoms with Crippen LogP contribution in [-0.4, -0.2) is 18.2 Å². The van der Waals surface area contributed by atoms with Gasteiger partial charge < -0.3 is 15.2 Å². The Morgan fingerprint density at radius 2 is 1.94 bits per heavy atom. The number of hydrogen-bond donors (Lipinski definition) is 1. The van der Waals surface area contributed by atoms with Crippen molar-refractivity contribution in [1.29, 1.82) is 0 Å². The summed E-state index contributed by atoms with van der Waals surface area (Å²) in [5, 5.41) is 0.643. The van der Waals surface area contributed by atoms with Crippen LogP contribution in [0.15, 0.2) is 42.6 Å². The first kappa shape index (κ1) is 12.5. The number of nitrogens with zero attached hydrogens (tertiary/aromatic N) is 1. The van der Waals surface area contributed by atoms with E-state index in [0.29, 0.717) is 35.6 Å². The highest BCUT2D eigenvalue weighted by molar-refractivity contribution is 6.30. The zero-order valence-corrected chi connectivity index (χ0v) is 10.4. The number of ether oxygens (including phenoxy) is 2. The number of hydrogen-bond acceptors (Lipinski definition) is 4. The highest BCUT2D eigenvalue weighted by Gasteiger charge is 2.00. The molecule has 5 heteroatoms. The van der Waals surface area contributed by atoms with Crippen LogP contribution in [0.4, 0.5) is 5.82 Å². The topological polar surface area (TPSA) is 57.4 Å². The molecule has 2 aromatic rings. The minimum absolute atomic E-state index is 0.375. The summed E-state index contributed by atoms with van der Waals surface area (Å²) in [5.74, 6) is 1.65. The van der Waals surface area contributed by atoms with Crippen LogP contribution in [0.2, 0.25) is 5.02 Å².